The summed E-state index contributed by atoms with van der Waals surface area (Å²) in [4.78, 5) is 4.27. The Kier molecular flexibility index (Phi) is 4.09. The second kappa shape index (κ2) is 5.61. The summed E-state index contributed by atoms with van der Waals surface area (Å²) in [6.07, 6.45) is -3.72. The third kappa shape index (κ3) is 3.70. The Morgan fingerprint density at radius 3 is 2.63 bits per heavy atom. The number of alkyl halides is 3. The van der Waals surface area contributed by atoms with Gasteiger partial charge in [-0.15, -0.1) is 11.3 Å². The molecule has 0 saturated heterocycles. The molecule has 1 aromatic heterocycles. The molecule has 2 rings (SSSR count). The molecule has 0 fully saturated rings. The van der Waals surface area contributed by atoms with E-state index in [0.29, 0.717) is 13.0 Å². The highest BCUT2D eigenvalue weighted by Gasteiger charge is 2.32. The maximum absolute atomic E-state index is 12.8. The largest absolute Gasteiger partial charge is 0.418 e. The predicted octanol–water partition coefficient (Wildman–Crippen LogP) is 4.12. The van der Waals surface area contributed by atoms with E-state index in [-0.39, 0.29) is 5.69 Å². The molecule has 2 nitrogen and oxygen atoms in total. The van der Waals surface area contributed by atoms with Crippen molar-refractivity contribution < 1.29 is 13.2 Å². The quantitative estimate of drug-likeness (QED) is 0.914. The number of hydrogen-bond acceptors (Lipinski definition) is 3. The first-order chi connectivity index (χ1) is 8.97. The number of nitrogens with one attached hydrogen (secondary N) is 1. The molecule has 6 heteroatoms. The van der Waals surface area contributed by atoms with Gasteiger partial charge < -0.3 is 5.32 Å². The van der Waals surface area contributed by atoms with E-state index in [9.17, 15) is 13.2 Å². The summed E-state index contributed by atoms with van der Waals surface area (Å²) in [6, 6.07) is 5.50. The minimum Gasteiger partial charge on any atom is -0.384 e. The minimum atomic E-state index is -4.33. The van der Waals surface area contributed by atoms with Gasteiger partial charge in [0, 0.05) is 29.7 Å². The molecule has 1 aromatic carbocycles. The molecule has 19 heavy (non-hydrogen) atoms. The highest BCUT2D eigenvalue weighted by atomic mass is 32.1. The molecule has 0 unspecified atom stereocenters. The van der Waals surface area contributed by atoms with Crippen molar-refractivity contribution >= 4 is 17.0 Å². The molecule has 0 atom stereocenters. The smallest absolute Gasteiger partial charge is 0.384 e. The summed E-state index contributed by atoms with van der Waals surface area (Å²) >= 11 is 1.52. The van der Waals surface area contributed by atoms with E-state index in [0.717, 1.165) is 16.8 Å². The van der Waals surface area contributed by atoms with Crippen molar-refractivity contribution in [3.05, 3.63) is 45.9 Å². The van der Waals surface area contributed by atoms with E-state index in [1.165, 1.54) is 23.5 Å². The fourth-order valence-electron chi connectivity index (χ4n) is 1.71. The molecule has 0 saturated carbocycles. The first kappa shape index (κ1) is 13.9. The number of anilines is 1. The third-order valence-electron chi connectivity index (χ3n) is 2.55. The topological polar surface area (TPSA) is 24.9 Å². The Morgan fingerprint density at radius 2 is 2.00 bits per heavy atom. The fraction of sp³-hybridized carbons (Fsp3) is 0.308. The lowest BCUT2D eigenvalue weighted by Crippen LogP contribution is -2.12. The number of aromatic nitrogens is 1. The lowest BCUT2D eigenvalue weighted by Gasteiger charge is -2.13. The van der Waals surface area contributed by atoms with E-state index in [2.05, 4.69) is 10.3 Å². The lowest BCUT2D eigenvalue weighted by molar-refractivity contribution is -0.136. The molecule has 1 N–H and O–H groups in total. The number of nitrogens with zero attached hydrogens (tertiary/aromatic N) is 1. The van der Waals surface area contributed by atoms with Gasteiger partial charge in [0.1, 0.15) is 0 Å². The summed E-state index contributed by atoms with van der Waals surface area (Å²) in [7, 11) is 0. The first-order valence-electron chi connectivity index (χ1n) is 5.78. The number of hydrogen-bond donors (Lipinski definition) is 1. The van der Waals surface area contributed by atoms with Crippen molar-refractivity contribution in [2.45, 2.75) is 19.5 Å². The Bertz CT molecular complexity index is 549. The zero-order chi connectivity index (χ0) is 13.9. The average molecular weight is 286 g/mol. The van der Waals surface area contributed by atoms with Crippen LogP contribution in [0.5, 0.6) is 0 Å². The molecule has 0 aliphatic rings. The van der Waals surface area contributed by atoms with Crippen LogP contribution in [-0.4, -0.2) is 11.5 Å². The summed E-state index contributed by atoms with van der Waals surface area (Å²) < 4.78 is 38.3. The van der Waals surface area contributed by atoms with Crippen LogP contribution >= 0.6 is 11.3 Å². The van der Waals surface area contributed by atoms with E-state index in [4.69, 9.17) is 0 Å². The predicted molar refractivity (Wildman–Crippen MR) is 70.5 cm³/mol. The second-order valence-corrected chi connectivity index (χ2v) is 5.05. The van der Waals surface area contributed by atoms with Crippen molar-refractivity contribution in [1.82, 2.24) is 4.98 Å². The molecular weight excluding hydrogens is 273 g/mol. The standard InChI is InChI=1S/C13H13F3N2S/c1-9-8-19-12(18-9)6-7-17-11-5-3-2-4-10(11)13(14,15)16/h2-5,8,17H,6-7H2,1H3. The number of aryl methyl sites for hydroxylation is 1. The SMILES string of the molecule is Cc1csc(CCNc2ccccc2C(F)(F)F)n1. The maximum Gasteiger partial charge on any atom is 0.418 e. The minimum absolute atomic E-state index is 0.114. The van der Waals surface area contributed by atoms with E-state index >= 15 is 0 Å². The molecule has 0 amide bonds. The molecule has 0 aliphatic carbocycles. The number of benzene rings is 1. The molecule has 1 heterocycles. The van der Waals surface area contributed by atoms with E-state index in [1.54, 1.807) is 6.07 Å². The van der Waals surface area contributed by atoms with Crippen molar-refractivity contribution in [2.24, 2.45) is 0 Å². The third-order valence-corrected chi connectivity index (χ3v) is 3.58. The number of halogens is 3. The van der Waals surface area contributed by atoms with Crippen molar-refractivity contribution in [3.63, 3.8) is 0 Å². The number of rotatable bonds is 4. The Morgan fingerprint density at radius 1 is 1.26 bits per heavy atom. The van der Waals surface area contributed by atoms with Crippen LogP contribution in [0.4, 0.5) is 18.9 Å². The average Bonchev–Trinajstić information content (AvgIpc) is 2.74. The highest BCUT2D eigenvalue weighted by molar-refractivity contribution is 7.09. The van der Waals surface area contributed by atoms with Crippen LogP contribution in [0, 0.1) is 6.92 Å². The normalized spacial score (nSPS) is 11.6. The summed E-state index contributed by atoms with van der Waals surface area (Å²) in [5.74, 6) is 0. The van der Waals surface area contributed by atoms with Gasteiger partial charge in [0.2, 0.25) is 0 Å². The summed E-state index contributed by atoms with van der Waals surface area (Å²) in [6.45, 7) is 2.33. The monoisotopic (exact) mass is 286 g/mol. The summed E-state index contributed by atoms with van der Waals surface area (Å²) in [5, 5.41) is 5.68. The van der Waals surface area contributed by atoms with Gasteiger partial charge in [-0.25, -0.2) is 4.98 Å². The molecule has 0 bridgehead atoms. The first-order valence-corrected chi connectivity index (χ1v) is 6.66. The van der Waals surface area contributed by atoms with Crippen LogP contribution in [0.1, 0.15) is 16.3 Å². The molecule has 0 radical (unpaired) electrons. The zero-order valence-corrected chi connectivity index (χ0v) is 11.1. The lowest BCUT2D eigenvalue weighted by atomic mass is 10.1. The molecule has 2 aromatic rings. The number of thiazole rings is 1. The van der Waals surface area contributed by atoms with Gasteiger partial charge in [-0.2, -0.15) is 13.2 Å². The van der Waals surface area contributed by atoms with Gasteiger partial charge in [-0.1, -0.05) is 12.1 Å². The Hall–Kier alpha value is -1.56. The van der Waals surface area contributed by atoms with Gasteiger partial charge in [0.15, 0.2) is 0 Å². The van der Waals surface area contributed by atoms with E-state index in [1.807, 2.05) is 12.3 Å². The van der Waals surface area contributed by atoms with Crippen LogP contribution in [0.2, 0.25) is 0 Å². The van der Waals surface area contributed by atoms with Crippen LogP contribution in [-0.2, 0) is 12.6 Å². The zero-order valence-electron chi connectivity index (χ0n) is 10.3. The van der Waals surface area contributed by atoms with Crippen molar-refractivity contribution in [2.75, 3.05) is 11.9 Å². The van der Waals surface area contributed by atoms with Gasteiger partial charge >= 0.3 is 6.18 Å². The van der Waals surface area contributed by atoms with Crippen LogP contribution < -0.4 is 5.32 Å². The second-order valence-electron chi connectivity index (χ2n) is 4.10. The van der Waals surface area contributed by atoms with Crippen molar-refractivity contribution in [3.8, 4) is 0 Å². The van der Waals surface area contributed by atoms with E-state index < -0.39 is 11.7 Å². The molecule has 0 spiro atoms. The Balaban J connectivity index is 2.00. The number of para-hydroxylation sites is 1. The van der Waals surface area contributed by atoms with Crippen LogP contribution in [0.3, 0.4) is 0 Å². The fourth-order valence-corrected chi connectivity index (χ4v) is 2.48. The van der Waals surface area contributed by atoms with Gasteiger partial charge in [0.25, 0.3) is 0 Å². The molecule has 0 aliphatic heterocycles. The molecular formula is C13H13F3N2S. The summed E-state index contributed by atoms with van der Waals surface area (Å²) in [5.41, 5.74) is 0.421. The van der Waals surface area contributed by atoms with Crippen molar-refractivity contribution in [1.29, 1.82) is 0 Å². The highest BCUT2D eigenvalue weighted by Crippen LogP contribution is 2.34. The molecule has 102 valence electrons. The van der Waals surface area contributed by atoms with Crippen LogP contribution in [0.25, 0.3) is 0 Å². The van der Waals surface area contributed by atoms with Gasteiger partial charge in [-0.3, -0.25) is 0 Å². The maximum atomic E-state index is 12.8. The Labute approximate surface area is 113 Å². The van der Waals surface area contributed by atoms with Crippen LogP contribution in [0.15, 0.2) is 29.6 Å². The van der Waals surface area contributed by atoms with Gasteiger partial charge in [-0.05, 0) is 19.1 Å². The van der Waals surface area contributed by atoms with Gasteiger partial charge in [0.05, 0.1) is 10.6 Å².